The second-order valence-electron chi connectivity index (χ2n) is 6.00. The fourth-order valence-corrected chi connectivity index (χ4v) is 3.11. The van der Waals surface area contributed by atoms with Crippen LogP contribution in [0.25, 0.3) is 0 Å². The topological polar surface area (TPSA) is 78.1 Å². The van der Waals surface area contributed by atoms with E-state index in [4.69, 9.17) is 11.6 Å². The largest absolute Gasteiger partial charge is 0.416 e. The fourth-order valence-electron chi connectivity index (χ4n) is 2.97. The van der Waals surface area contributed by atoms with Crippen LogP contribution in [-0.2, 0) is 15.8 Å². The molecule has 0 radical (unpaired) electrons. The predicted molar refractivity (Wildman–Crippen MR) is 87.5 cm³/mol. The van der Waals surface area contributed by atoms with Crippen molar-refractivity contribution in [2.24, 2.45) is 5.92 Å². The van der Waals surface area contributed by atoms with Crippen LogP contribution in [0.3, 0.4) is 0 Å². The molecule has 1 saturated heterocycles. The maximum absolute atomic E-state index is 12.7. The number of nitrogens with zero attached hydrogens (tertiary/aromatic N) is 2. The maximum atomic E-state index is 12.7. The minimum atomic E-state index is -4.45. The molecule has 0 spiro atoms. The number of halogens is 4. The van der Waals surface area contributed by atoms with E-state index in [1.165, 1.54) is 30.3 Å². The summed E-state index contributed by atoms with van der Waals surface area (Å²) in [7, 11) is 1.54. The molecule has 1 aromatic carbocycles. The van der Waals surface area contributed by atoms with Gasteiger partial charge < -0.3 is 10.2 Å². The number of aromatic amines is 1. The molecule has 0 saturated carbocycles. The van der Waals surface area contributed by atoms with Crippen molar-refractivity contribution in [3.8, 4) is 0 Å². The van der Waals surface area contributed by atoms with E-state index >= 15 is 0 Å². The average molecular weight is 387 g/mol. The van der Waals surface area contributed by atoms with Crippen molar-refractivity contribution < 1.29 is 22.8 Å². The highest BCUT2D eigenvalue weighted by Gasteiger charge is 2.44. The van der Waals surface area contributed by atoms with Gasteiger partial charge in [-0.1, -0.05) is 23.7 Å². The Balaban J connectivity index is 1.86. The van der Waals surface area contributed by atoms with Gasteiger partial charge in [0.05, 0.1) is 11.8 Å². The van der Waals surface area contributed by atoms with Crippen LogP contribution in [0.2, 0.25) is 5.02 Å². The van der Waals surface area contributed by atoms with Gasteiger partial charge in [0.15, 0.2) is 0 Å². The van der Waals surface area contributed by atoms with Crippen LogP contribution in [0.5, 0.6) is 0 Å². The molecule has 2 N–H and O–H groups in total. The van der Waals surface area contributed by atoms with Crippen LogP contribution in [0, 0.1) is 5.92 Å². The lowest BCUT2D eigenvalue weighted by Crippen LogP contribution is -2.32. The van der Waals surface area contributed by atoms with E-state index in [0.29, 0.717) is 5.56 Å². The van der Waals surface area contributed by atoms with Gasteiger partial charge in [-0.3, -0.25) is 14.7 Å². The van der Waals surface area contributed by atoms with Gasteiger partial charge in [0.25, 0.3) is 0 Å². The van der Waals surface area contributed by atoms with Crippen molar-refractivity contribution in [1.29, 1.82) is 0 Å². The van der Waals surface area contributed by atoms with E-state index in [1.54, 1.807) is 0 Å². The summed E-state index contributed by atoms with van der Waals surface area (Å²) in [5.41, 5.74) is -0.310. The lowest BCUT2D eigenvalue weighted by atomic mass is 9.87. The van der Waals surface area contributed by atoms with Gasteiger partial charge in [0.2, 0.25) is 11.8 Å². The predicted octanol–water partition coefficient (Wildman–Crippen LogP) is 2.89. The third-order valence-electron chi connectivity index (χ3n) is 4.31. The van der Waals surface area contributed by atoms with E-state index in [0.717, 1.165) is 12.1 Å². The van der Waals surface area contributed by atoms with Crippen LogP contribution < -0.4 is 5.32 Å². The Labute approximate surface area is 151 Å². The molecule has 26 heavy (non-hydrogen) atoms. The first-order valence-electron chi connectivity index (χ1n) is 7.60. The monoisotopic (exact) mass is 386 g/mol. The Bertz CT molecular complexity index is 835. The average Bonchev–Trinajstić information content (AvgIpc) is 3.11. The number of amides is 2. The number of hydrogen-bond acceptors (Lipinski definition) is 3. The molecule has 2 amide bonds. The molecule has 138 valence electrons. The van der Waals surface area contributed by atoms with Gasteiger partial charge in [0, 0.05) is 19.5 Å². The van der Waals surface area contributed by atoms with Gasteiger partial charge in [-0.15, -0.1) is 0 Å². The number of rotatable bonds is 3. The summed E-state index contributed by atoms with van der Waals surface area (Å²) in [5, 5.41) is 8.86. The number of carbonyl (C=O) groups is 2. The summed E-state index contributed by atoms with van der Waals surface area (Å²) in [5.74, 6) is -2.50. The molecule has 10 heteroatoms. The molecule has 0 unspecified atom stereocenters. The number of anilines is 1. The smallest absolute Gasteiger partial charge is 0.344 e. The molecule has 0 bridgehead atoms. The van der Waals surface area contributed by atoms with Gasteiger partial charge in [-0.25, -0.2) is 0 Å². The molecule has 1 fully saturated rings. The van der Waals surface area contributed by atoms with Gasteiger partial charge in [0.1, 0.15) is 16.8 Å². The molecule has 1 aliphatic rings. The Kier molecular flexibility index (Phi) is 4.66. The van der Waals surface area contributed by atoms with E-state index in [1.807, 2.05) is 0 Å². The van der Waals surface area contributed by atoms with Crippen LogP contribution in [0.1, 0.15) is 17.0 Å². The Morgan fingerprint density at radius 3 is 2.54 bits per heavy atom. The Morgan fingerprint density at radius 2 is 2.00 bits per heavy atom. The fraction of sp³-hybridized carbons (Fsp3) is 0.312. The molecule has 0 aliphatic carbocycles. The summed E-state index contributed by atoms with van der Waals surface area (Å²) in [4.78, 5) is 26.4. The zero-order chi connectivity index (χ0) is 19.1. The van der Waals surface area contributed by atoms with Crippen LogP contribution in [0.4, 0.5) is 19.0 Å². The number of benzene rings is 1. The number of carbonyl (C=O) groups excluding carboxylic acids is 2. The molecule has 2 aromatic rings. The summed E-state index contributed by atoms with van der Waals surface area (Å²) in [6.07, 6.45) is -3.15. The molecular formula is C16H14ClF3N4O2. The zero-order valence-corrected chi connectivity index (χ0v) is 14.2. The summed E-state index contributed by atoms with van der Waals surface area (Å²) < 4.78 is 38.2. The normalized spacial score (nSPS) is 20.5. The van der Waals surface area contributed by atoms with E-state index in [-0.39, 0.29) is 17.4 Å². The van der Waals surface area contributed by atoms with Crippen LogP contribution in [-0.4, -0.2) is 40.5 Å². The zero-order valence-electron chi connectivity index (χ0n) is 13.5. The second kappa shape index (κ2) is 6.64. The highest BCUT2D eigenvalue weighted by molar-refractivity contribution is 6.33. The van der Waals surface area contributed by atoms with Crippen molar-refractivity contribution in [3.63, 3.8) is 0 Å². The van der Waals surface area contributed by atoms with Gasteiger partial charge >= 0.3 is 6.18 Å². The molecule has 6 nitrogen and oxygen atoms in total. The van der Waals surface area contributed by atoms with Crippen molar-refractivity contribution >= 4 is 29.2 Å². The minimum Gasteiger partial charge on any atom is -0.344 e. The highest BCUT2D eigenvalue weighted by atomic mass is 35.5. The van der Waals surface area contributed by atoms with E-state index in [2.05, 4.69) is 15.5 Å². The number of likely N-dealkylation sites (N-methyl/N-ethyl adjacent to an activating group) is 1. The first-order valence-corrected chi connectivity index (χ1v) is 7.98. The summed E-state index contributed by atoms with van der Waals surface area (Å²) >= 11 is 5.86. The van der Waals surface area contributed by atoms with Crippen LogP contribution in [0.15, 0.2) is 30.5 Å². The quantitative estimate of drug-likeness (QED) is 0.796. The number of alkyl halides is 3. The lowest BCUT2D eigenvalue weighted by Gasteiger charge is -2.17. The number of H-pyrrole nitrogens is 1. The van der Waals surface area contributed by atoms with Crippen molar-refractivity contribution in [2.45, 2.75) is 12.1 Å². The highest BCUT2D eigenvalue weighted by Crippen LogP contribution is 2.36. The molecule has 2 atom stereocenters. The molecule has 1 aromatic heterocycles. The van der Waals surface area contributed by atoms with E-state index in [9.17, 15) is 22.8 Å². The first-order chi connectivity index (χ1) is 12.2. The van der Waals surface area contributed by atoms with E-state index < -0.39 is 35.4 Å². The first kappa shape index (κ1) is 18.2. The lowest BCUT2D eigenvalue weighted by molar-refractivity contribution is -0.138. The molecule has 2 heterocycles. The summed E-state index contributed by atoms with van der Waals surface area (Å²) in [6, 6.07) is 4.48. The minimum absolute atomic E-state index is 0.158. The van der Waals surface area contributed by atoms with Crippen molar-refractivity contribution in [2.75, 3.05) is 18.9 Å². The second-order valence-corrected chi connectivity index (χ2v) is 6.41. The van der Waals surface area contributed by atoms with Gasteiger partial charge in [-0.05, 0) is 17.7 Å². The standard InChI is InChI=1S/C16H14ClF3N4O2/c1-24-7-10(8-2-4-9(5-3-8)16(18,19)20)12(15(24)26)14(25)22-13-11(17)6-21-23-13/h2-6,10,12H,7H2,1H3,(H2,21,22,23,25)/t10-,12+/m0/s1. The van der Waals surface area contributed by atoms with Gasteiger partial charge in [-0.2, -0.15) is 18.3 Å². The number of aromatic nitrogens is 2. The maximum Gasteiger partial charge on any atom is 0.416 e. The van der Waals surface area contributed by atoms with Crippen molar-refractivity contribution in [1.82, 2.24) is 15.1 Å². The third kappa shape index (κ3) is 3.39. The third-order valence-corrected chi connectivity index (χ3v) is 4.59. The van der Waals surface area contributed by atoms with Crippen LogP contribution >= 0.6 is 11.6 Å². The summed E-state index contributed by atoms with van der Waals surface area (Å²) in [6.45, 7) is 0.221. The Hall–Kier alpha value is -2.55. The molecule has 3 rings (SSSR count). The molecular weight excluding hydrogens is 373 g/mol. The SMILES string of the molecule is CN1C[C@@H](c2ccc(C(F)(F)F)cc2)[C@H](C(=O)Nc2[nH]ncc2Cl)C1=O. The molecule has 1 aliphatic heterocycles. The number of hydrogen-bond donors (Lipinski definition) is 2. The number of nitrogens with one attached hydrogen (secondary N) is 2. The number of likely N-dealkylation sites (tertiary alicyclic amines) is 1. The van der Waals surface area contributed by atoms with Crippen molar-refractivity contribution in [3.05, 3.63) is 46.6 Å². The Morgan fingerprint density at radius 1 is 1.35 bits per heavy atom.